The fourth-order valence-electron chi connectivity index (χ4n) is 9.23. The van der Waals surface area contributed by atoms with Crippen LogP contribution in [0.4, 0.5) is 0 Å². The van der Waals surface area contributed by atoms with Crippen molar-refractivity contribution in [1.29, 1.82) is 0 Å². The van der Waals surface area contributed by atoms with Crippen LogP contribution in [0.3, 0.4) is 0 Å². The molecule has 5 aromatic carbocycles. The molecule has 6 heteroatoms. The molecule has 0 saturated carbocycles. The van der Waals surface area contributed by atoms with Crippen LogP contribution >= 0.6 is 46.4 Å². The third-order valence-electron chi connectivity index (χ3n) is 11.7. The van der Waals surface area contributed by atoms with Gasteiger partial charge >= 0.3 is 0 Å². The van der Waals surface area contributed by atoms with Gasteiger partial charge in [-0.2, -0.15) is 0 Å². The first-order valence-corrected chi connectivity index (χ1v) is 24.0. The van der Waals surface area contributed by atoms with Gasteiger partial charge in [-0.15, -0.1) is 11.1 Å². The van der Waals surface area contributed by atoms with E-state index in [0.29, 0.717) is 43.3 Å². The number of fused-ring (bicyclic) bond motifs is 4. The van der Waals surface area contributed by atoms with Crippen LogP contribution in [0.15, 0.2) is 48.5 Å². The molecule has 0 heterocycles. The first kappa shape index (κ1) is 39.1. The molecule has 262 valence electrons. The second kappa shape index (κ2) is 14.7. The molecule has 0 spiro atoms. The van der Waals surface area contributed by atoms with E-state index in [0.717, 1.165) is 43.4 Å². The Hall–Kier alpha value is -2.15. The predicted molar refractivity (Wildman–Crippen MR) is 232 cm³/mol. The molecule has 5 rings (SSSR count). The van der Waals surface area contributed by atoms with E-state index in [1.807, 2.05) is 0 Å². The van der Waals surface area contributed by atoms with E-state index in [4.69, 9.17) is 46.4 Å². The Labute approximate surface area is 322 Å². The molecule has 0 aromatic heterocycles. The van der Waals surface area contributed by atoms with Crippen LogP contribution in [0.2, 0.25) is 53.3 Å². The summed E-state index contributed by atoms with van der Waals surface area (Å²) in [5, 5.41) is 9.42. The summed E-state index contributed by atoms with van der Waals surface area (Å²) < 4.78 is 0. The fraction of sp³-hybridized carbons (Fsp3) is 0.409. The lowest BCUT2D eigenvalue weighted by molar-refractivity contribution is 0.838. The molecule has 0 aliphatic rings. The highest BCUT2D eigenvalue weighted by Crippen LogP contribution is 2.47. The number of halogens is 4. The molecule has 0 N–H and O–H groups in total. The number of benzene rings is 5. The van der Waals surface area contributed by atoms with Crippen molar-refractivity contribution in [2.45, 2.75) is 116 Å². The van der Waals surface area contributed by atoms with Crippen molar-refractivity contribution in [3.8, 4) is 22.9 Å². The van der Waals surface area contributed by atoms with Gasteiger partial charge in [-0.05, 0) is 89.8 Å². The third kappa shape index (κ3) is 6.32. The van der Waals surface area contributed by atoms with Gasteiger partial charge in [0.1, 0.15) is 16.1 Å². The molecule has 0 bridgehead atoms. The first-order chi connectivity index (χ1) is 23.4. The van der Waals surface area contributed by atoms with Gasteiger partial charge in [0.25, 0.3) is 0 Å². The number of hydrogen-bond donors (Lipinski definition) is 0. The van der Waals surface area contributed by atoms with E-state index in [1.54, 1.807) is 0 Å². The molecular formula is C44H50Cl4Si2. The van der Waals surface area contributed by atoms with E-state index in [1.165, 1.54) is 10.8 Å². The molecule has 5 aromatic rings. The summed E-state index contributed by atoms with van der Waals surface area (Å²) in [6.07, 6.45) is 0. The van der Waals surface area contributed by atoms with Gasteiger partial charge in [-0.3, -0.25) is 0 Å². The minimum Gasteiger partial charge on any atom is -0.125 e. The van der Waals surface area contributed by atoms with Crippen molar-refractivity contribution >= 4 is 106 Å². The van der Waals surface area contributed by atoms with E-state index in [9.17, 15) is 0 Å². The number of hydrogen-bond acceptors (Lipinski definition) is 0. The number of rotatable bonds is 6. The van der Waals surface area contributed by atoms with E-state index < -0.39 is 16.1 Å². The average Bonchev–Trinajstić information content (AvgIpc) is 3.05. The highest BCUT2D eigenvalue weighted by atomic mass is 35.5. The molecule has 0 saturated heterocycles. The Morgan fingerprint density at radius 3 is 0.960 bits per heavy atom. The molecule has 0 unspecified atom stereocenters. The van der Waals surface area contributed by atoms with Gasteiger partial charge in [0.2, 0.25) is 0 Å². The maximum absolute atomic E-state index is 6.97. The molecule has 0 fully saturated rings. The van der Waals surface area contributed by atoms with Crippen LogP contribution in [0, 0.1) is 22.9 Å². The summed E-state index contributed by atoms with van der Waals surface area (Å²) in [4.78, 5) is 0. The summed E-state index contributed by atoms with van der Waals surface area (Å²) >= 11 is 27.3. The molecule has 50 heavy (non-hydrogen) atoms. The predicted octanol–water partition coefficient (Wildman–Crippen LogP) is 16.1. The molecule has 0 radical (unpaired) electrons. The maximum Gasteiger partial charge on any atom is 0.146 e. The van der Waals surface area contributed by atoms with Crippen molar-refractivity contribution in [2.24, 2.45) is 0 Å². The lowest BCUT2D eigenvalue weighted by Crippen LogP contribution is -2.43. The van der Waals surface area contributed by atoms with Gasteiger partial charge < -0.3 is 0 Å². The van der Waals surface area contributed by atoms with Crippen LogP contribution in [0.1, 0.15) is 94.2 Å². The zero-order valence-electron chi connectivity index (χ0n) is 31.6. The fourth-order valence-corrected chi connectivity index (χ4v) is 20.6. The highest BCUT2D eigenvalue weighted by molar-refractivity contribution is 6.91. The Bertz CT molecular complexity index is 2050. The summed E-state index contributed by atoms with van der Waals surface area (Å²) in [5.41, 5.74) is 13.1. The average molecular weight is 777 g/mol. The van der Waals surface area contributed by atoms with Crippen LogP contribution in [-0.2, 0) is 0 Å². The van der Waals surface area contributed by atoms with E-state index in [-0.39, 0.29) is 10.0 Å². The standard InChI is InChI=1S/C44H50Cl4Si2/c1-25(2)49(26(3)4,27(5)6)19-17-33-35-21-31-15-13-14-16-32(31)22-36(35)34(18-20-50(28(7)8,29(9)10)30(11)12)38-24-40-39(23-37(33)38)41(45)43(47)44(48)42(40)46/h13-16,21-30H,1-12H3. The Kier molecular flexibility index (Phi) is 11.5. The van der Waals surface area contributed by atoms with Crippen LogP contribution in [0.5, 0.6) is 0 Å². The van der Waals surface area contributed by atoms with Crippen molar-refractivity contribution in [1.82, 2.24) is 0 Å². The molecule has 0 nitrogen and oxygen atoms in total. The second-order valence-corrected chi connectivity index (χ2v) is 28.7. The van der Waals surface area contributed by atoms with Gasteiger partial charge in [-0.25, -0.2) is 0 Å². The first-order valence-electron chi connectivity index (χ1n) is 18.1. The topological polar surface area (TPSA) is 0 Å². The minimum absolute atomic E-state index is 0.261. The zero-order chi connectivity index (χ0) is 37.0. The SMILES string of the molecule is CC(C)[Si](C#Cc1c2cc3ccccc3cc2c(C#C[Si](C(C)C)(C(C)C)C(C)C)c2cc3c(Cl)c(Cl)c(Cl)c(Cl)c3cc12)(C(C)C)C(C)C. The van der Waals surface area contributed by atoms with E-state index >= 15 is 0 Å². The second-order valence-electron chi connectivity index (χ2n) is 16.0. The van der Waals surface area contributed by atoms with Gasteiger partial charge in [0.05, 0.1) is 20.1 Å². The largest absolute Gasteiger partial charge is 0.146 e. The molecular weight excluding hydrogens is 726 g/mol. The quantitative estimate of drug-likeness (QED) is 0.0530. The third-order valence-corrected chi connectivity index (χ3v) is 26.1. The summed E-state index contributed by atoms with van der Waals surface area (Å²) in [6.45, 7) is 28.3. The Morgan fingerprint density at radius 2 is 0.680 bits per heavy atom. The lowest BCUT2D eigenvalue weighted by atomic mass is 9.89. The molecule has 0 aliphatic heterocycles. The molecule has 0 aliphatic carbocycles. The van der Waals surface area contributed by atoms with Crippen molar-refractivity contribution in [3.05, 3.63) is 79.7 Å². The van der Waals surface area contributed by atoms with Crippen molar-refractivity contribution in [2.75, 3.05) is 0 Å². The van der Waals surface area contributed by atoms with E-state index in [2.05, 4.69) is 155 Å². The maximum atomic E-state index is 6.97. The smallest absolute Gasteiger partial charge is 0.125 e. The van der Waals surface area contributed by atoms with Crippen LogP contribution < -0.4 is 0 Å². The lowest BCUT2D eigenvalue weighted by Gasteiger charge is -2.38. The highest BCUT2D eigenvalue weighted by Gasteiger charge is 2.43. The monoisotopic (exact) mass is 774 g/mol. The van der Waals surface area contributed by atoms with Crippen molar-refractivity contribution < 1.29 is 0 Å². The van der Waals surface area contributed by atoms with Gasteiger partial charge in [0, 0.05) is 21.9 Å². The molecule has 0 atom stereocenters. The summed E-state index contributed by atoms with van der Waals surface area (Å²) in [5.74, 6) is 7.79. The Balaban J connectivity index is 2.11. The molecule has 0 amide bonds. The Morgan fingerprint density at radius 1 is 0.400 bits per heavy atom. The van der Waals surface area contributed by atoms with Gasteiger partial charge in [0.15, 0.2) is 0 Å². The summed E-state index contributed by atoms with van der Waals surface area (Å²) in [7, 11) is -4.18. The van der Waals surface area contributed by atoms with Crippen LogP contribution in [0.25, 0.3) is 43.1 Å². The van der Waals surface area contributed by atoms with Crippen molar-refractivity contribution in [3.63, 3.8) is 0 Å². The summed E-state index contributed by atoms with van der Waals surface area (Å²) in [6, 6.07) is 17.5. The normalized spacial score (nSPS) is 12.8. The van der Waals surface area contributed by atoms with Gasteiger partial charge in [-0.1, -0.05) is 166 Å². The van der Waals surface area contributed by atoms with Crippen LogP contribution in [-0.4, -0.2) is 16.1 Å². The zero-order valence-corrected chi connectivity index (χ0v) is 36.6. The minimum atomic E-state index is -2.09.